The van der Waals surface area contributed by atoms with E-state index in [-0.39, 0.29) is 0 Å². The van der Waals surface area contributed by atoms with Gasteiger partial charge in [0.1, 0.15) is 0 Å². The summed E-state index contributed by atoms with van der Waals surface area (Å²) < 4.78 is 0. The fourth-order valence-electron chi connectivity index (χ4n) is 4.64. The minimum absolute atomic E-state index is 0.632. The molecule has 0 bridgehead atoms. The number of hydrogen-bond donors (Lipinski definition) is 1. The van der Waals surface area contributed by atoms with Gasteiger partial charge in [-0.3, -0.25) is 4.90 Å². The van der Waals surface area contributed by atoms with Crippen molar-refractivity contribution in [3.8, 4) is 0 Å². The molecule has 1 saturated heterocycles. The zero-order valence-corrected chi connectivity index (χ0v) is 15.1. The number of piperazine rings is 1. The second-order valence-corrected chi connectivity index (χ2v) is 8.54. The number of hydrogen-bond acceptors (Lipinski definition) is 2. The molecule has 2 heteroatoms. The summed E-state index contributed by atoms with van der Waals surface area (Å²) >= 11 is 0. The molecule has 2 unspecified atom stereocenters. The zero-order chi connectivity index (χ0) is 15.5. The third-order valence-corrected chi connectivity index (χ3v) is 6.02. The van der Waals surface area contributed by atoms with Gasteiger partial charge in [-0.2, -0.15) is 0 Å². The first-order valence-corrected chi connectivity index (χ1v) is 9.43. The van der Waals surface area contributed by atoms with Gasteiger partial charge in [-0.05, 0) is 42.9 Å². The largest absolute Gasteiger partial charge is 0.311 e. The summed E-state index contributed by atoms with van der Waals surface area (Å²) in [5.41, 5.74) is 0.632. The van der Waals surface area contributed by atoms with Crippen molar-refractivity contribution in [2.75, 3.05) is 19.6 Å². The van der Waals surface area contributed by atoms with Crippen molar-refractivity contribution in [3.05, 3.63) is 0 Å². The minimum atomic E-state index is 0.632. The van der Waals surface area contributed by atoms with Gasteiger partial charge in [0.05, 0.1) is 0 Å². The van der Waals surface area contributed by atoms with E-state index >= 15 is 0 Å². The molecule has 1 N–H and O–H groups in total. The Morgan fingerprint density at radius 1 is 1.14 bits per heavy atom. The third kappa shape index (κ3) is 4.45. The van der Waals surface area contributed by atoms with E-state index in [9.17, 15) is 0 Å². The van der Waals surface area contributed by atoms with Gasteiger partial charge in [-0.15, -0.1) is 0 Å². The summed E-state index contributed by atoms with van der Waals surface area (Å²) in [7, 11) is 0. The van der Waals surface area contributed by atoms with E-state index in [2.05, 4.69) is 44.8 Å². The first kappa shape index (κ1) is 17.3. The molecular formula is C19H38N2. The molecule has 21 heavy (non-hydrogen) atoms. The summed E-state index contributed by atoms with van der Waals surface area (Å²) in [6.45, 7) is 15.7. The van der Waals surface area contributed by atoms with E-state index in [1.807, 2.05) is 0 Å². The predicted octanol–water partition coefficient (Wildman–Crippen LogP) is 4.30. The quantitative estimate of drug-likeness (QED) is 0.785. The smallest absolute Gasteiger partial charge is 0.0244 e. The van der Waals surface area contributed by atoms with E-state index in [4.69, 9.17) is 0 Å². The molecule has 2 rings (SSSR count). The molecule has 2 atom stereocenters. The second kappa shape index (κ2) is 7.46. The van der Waals surface area contributed by atoms with Gasteiger partial charge >= 0.3 is 0 Å². The molecule has 1 aliphatic heterocycles. The maximum Gasteiger partial charge on any atom is 0.0244 e. The molecule has 0 aromatic carbocycles. The first-order valence-electron chi connectivity index (χ1n) is 9.43. The Labute approximate surface area is 133 Å². The highest BCUT2D eigenvalue weighted by molar-refractivity contribution is 4.94. The maximum atomic E-state index is 3.83. The summed E-state index contributed by atoms with van der Waals surface area (Å²) in [4.78, 5) is 2.86. The van der Waals surface area contributed by atoms with Crippen LogP contribution in [0.25, 0.3) is 0 Å². The summed E-state index contributed by atoms with van der Waals surface area (Å²) in [6, 6.07) is 1.44. The van der Waals surface area contributed by atoms with Crippen LogP contribution in [0.15, 0.2) is 0 Å². The average Bonchev–Trinajstić information content (AvgIpc) is 2.87. The van der Waals surface area contributed by atoms with Crippen molar-refractivity contribution in [2.24, 2.45) is 17.3 Å². The molecule has 124 valence electrons. The summed E-state index contributed by atoms with van der Waals surface area (Å²) in [5, 5.41) is 3.83. The molecule has 0 aromatic rings. The predicted molar refractivity (Wildman–Crippen MR) is 92.6 cm³/mol. The van der Waals surface area contributed by atoms with Crippen LogP contribution in [0.4, 0.5) is 0 Å². The number of rotatable bonds is 6. The lowest BCUT2D eigenvalue weighted by Crippen LogP contribution is -2.60. The van der Waals surface area contributed by atoms with E-state index in [1.165, 1.54) is 58.2 Å². The van der Waals surface area contributed by atoms with Gasteiger partial charge in [0.15, 0.2) is 0 Å². The van der Waals surface area contributed by atoms with Gasteiger partial charge in [0.2, 0.25) is 0 Å². The van der Waals surface area contributed by atoms with Crippen molar-refractivity contribution in [3.63, 3.8) is 0 Å². The molecule has 0 spiro atoms. The maximum absolute atomic E-state index is 3.83. The van der Waals surface area contributed by atoms with Crippen LogP contribution >= 0.6 is 0 Å². The highest BCUT2D eigenvalue weighted by Gasteiger charge is 2.38. The fourth-order valence-corrected chi connectivity index (χ4v) is 4.64. The van der Waals surface area contributed by atoms with Crippen molar-refractivity contribution in [1.82, 2.24) is 10.2 Å². The van der Waals surface area contributed by atoms with Crippen LogP contribution in [0.1, 0.15) is 73.1 Å². The van der Waals surface area contributed by atoms with Crippen molar-refractivity contribution in [2.45, 2.75) is 85.2 Å². The van der Waals surface area contributed by atoms with E-state index in [0.29, 0.717) is 11.5 Å². The highest BCUT2D eigenvalue weighted by Crippen LogP contribution is 2.42. The Morgan fingerprint density at radius 2 is 1.81 bits per heavy atom. The fraction of sp³-hybridized carbons (Fsp3) is 1.00. The third-order valence-electron chi connectivity index (χ3n) is 6.02. The van der Waals surface area contributed by atoms with Gasteiger partial charge in [0, 0.05) is 31.7 Å². The molecule has 0 radical (unpaired) electrons. The standard InChI is InChI=1S/C19H38N2/c1-6-19(9-7-8-10-19)14-21-13-17(11-15(2)3)20-12-18(21)16(4)5/h15-18,20H,6-14H2,1-5H3. The van der Waals surface area contributed by atoms with Gasteiger partial charge in [-0.25, -0.2) is 0 Å². The van der Waals surface area contributed by atoms with Crippen LogP contribution in [0, 0.1) is 17.3 Å². The Bertz CT molecular complexity index is 305. The Balaban J connectivity index is 2.03. The summed E-state index contributed by atoms with van der Waals surface area (Å²) in [5.74, 6) is 1.55. The molecule has 1 saturated carbocycles. The molecule has 2 nitrogen and oxygen atoms in total. The molecule has 2 fully saturated rings. The van der Waals surface area contributed by atoms with Gasteiger partial charge in [-0.1, -0.05) is 47.5 Å². The molecule has 2 aliphatic rings. The first-order chi connectivity index (χ1) is 9.96. The Morgan fingerprint density at radius 3 is 2.33 bits per heavy atom. The Hall–Kier alpha value is -0.0800. The minimum Gasteiger partial charge on any atom is -0.311 e. The monoisotopic (exact) mass is 294 g/mol. The second-order valence-electron chi connectivity index (χ2n) is 8.54. The van der Waals surface area contributed by atoms with E-state index in [0.717, 1.165) is 17.9 Å². The van der Waals surface area contributed by atoms with Crippen molar-refractivity contribution in [1.29, 1.82) is 0 Å². The molecule has 1 heterocycles. The Kier molecular flexibility index (Phi) is 6.14. The van der Waals surface area contributed by atoms with E-state index < -0.39 is 0 Å². The van der Waals surface area contributed by atoms with Crippen LogP contribution in [-0.4, -0.2) is 36.6 Å². The lowest BCUT2D eigenvalue weighted by Gasteiger charge is -2.46. The highest BCUT2D eigenvalue weighted by atomic mass is 15.2. The van der Waals surface area contributed by atoms with Crippen LogP contribution in [0.5, 0.6) is 0 Å². The van der Waals surface area contributed by atoms with Gasteiger partial charge < -0.3 is 5.32 Å². The molecule has 0 amide bonds. The van der Waals surface area contributed by atoms with E-state index in [1.54, 1.807) is 0 Å². The number of nitrogens with zero attached hydrogens (tertiary/aromatic N) is 1. The van der Waals surface area contributed by atoms with Crippen molar-refractivity contribution >= 4 is 0 Å². The normalized spacial score (nSPS) is 30.4. The zero-order valence-electron chi connectivity index (χ0n) is 15.1. The van der Waals surface area contributed by atoms with Crippen LogP contribution in [0.3, 0.4) is 0 Å². The molecule has 1 aliphatic carbocycles. The topological polar surface area (TPSA) is 15.3 Å². The summed E-state index contributed by atoms with van der Waals surface area (Å²) in [6.07, 6.45) is 8.54. The average molecular weight is 295 g/mol. The number of nitrogens with one attached hydrogen (secondary N) is 1. The lowest BCUT2D eigenvalue weighted by atomic mass is 9.81. The SMILES string of the molecule is CCC1(CN2CC(CC(C)C)NCC2C(C)C)CCCC1. The van der Waals surface area contributed by atoms with Crippen LogP contribution in [0.2, 0.25) is 0 Å². The van der Waals surface area contributed by atoms with Crippen molar-refractivity contribution < 1.29 is 0 Å². The molecule has 0 aromatic heterocycles. The lowest BCUT2D eigenvalue weighted by molar-refractivity contribution is 0.0449. The van der Waals surface area contributed by atoms with Crippen LogP contribution in [-0.2, 0) is 0 Å². The van der Waals surface area contributed by atoms with Gasteiger partial charge in [0.25, 0.3) is 0 Å². The molecular weight excluding hydrogens is 256 g/mol. The van der Waals surface area contributed by atoms with Crippen LogP contribution < -0.4 is 5.32 Å².